The highest BCUT2D eigenvalue weighted by Gasteiger charge is 2.16. The van der Waals surface area contributed by atoms with Crippen molar-refractivity contribution in [2.45, 2.75) is 0 Å². The molecule has 0 saturated carbocycles. The molecule has 2 rings (SSSR count). The van der Waals surface area contributed by atoms with Crippen LogP contribution >= 0.6 is 0 Å². The summed E-state index contributed by atoms with van der Waals surface area (Å²) in [5, 5.41) is 10.6. The minimum atomic E-state index is -0.782. The molecule has 0 aliphatic rings. The largest absolute Gasteiger partial charge is 0.497 e. The van der Waals surface area contributed by atoms with E-state index in [9.17, 15) is 19.7 Å². The highest BCUT2D eigenvalue weighted by Crippen LogP contribution is 2.25. The molecule has 2 N–H and O–H groups in total. The second-order valence-corrected chi connectivity index (χ2v) is 4.42. The third-order valence-electron chi connectivity index (χ3n) is 2.97. The Hall–Kier alpha value is -3.42. The molecule has 8 heteroatoms. The Bertz CT molecular complexity index is 770. The predicted molar refractivity (Wildman–Crippen MR) is 79.6 cm³/mol. The first-order chi connectivity index (χ1) is 10.9. The fourth-order valence-corrected chi connectivity index (χ4v) is 1.80. The lowest BCUT2D eigenvalue weighted by atomic mass is 10.1. The zero-order valence-electron chi connectivity index (χ0n) is 12.0. The van der Waals surface area contributed by atoms with Crippen LogP contribution in [0.5, 0.6) is 11.5 Å². The van der Waals surface area contributed by atoms with Crippen LogP contribution in [0.3, 0.4) is 0 Å². The molecule has 0 atom stereocenters. The Morgan fingerprint density at radius 2 is 1.78 bits per heavy atom. The maximum Gasteiger partial charge on any atom is 0.343 e. The zero-order valence-corrected chi connectivity index (χ0v) is 12.0. The molecular formula is C15H12N2O6. The van der Waals surface area contributed by atoms with E-state index in [1.165, 1.54) is 49.6 Å². The highest BCUT2D eigenvalue weighted by molar-refractivity contribution is 5.98. The lowest BCUT2D eigenvalue weighted by Gasteiger charge is -2.09. The fraction of sp³-hybridized carbons (Fsp3) is 0.0667. The van der Waals surface area contributed by atoms with Crippen LogP contribution < -0.4 is 15.2 Å². The van der Waals surface area contributed by atoms with Gasteiger partial charge in [0.05, 0.1) is 23.2 Å². The number of methoxy groups -OCH3 is 1. The molecule has 0 bridgehead atoms. The molecule has 1 amide bonds. The van der Waals surface area contributed by atoms with Crippen molar-refractivity contribution < 1.29 is 24.0 Å². The molecule has 0 heterocycles. The fourth-order valence-electron chi connectivity index (χ4n) is 1.80. The average molecular weight is 316 g/mol. The molecule has 0 saturated heterocycles. The van der Waals surface area contributed by atoms with E-state index in [1.54, 1.807) is 0 Å². The predicted octanol–water partition coefficient (Wildman–Crippen LogP) is 1.92. The minimum absolute atomic E-state index is 0.0149. The van der Waals surface area contributed by atoms with E-state index < -0.39 is 16.8 Å². The van der Waals surface area contributed by atoms with Crippen molar-refractivity contribution in [3.05, 3.63) is 63.7 Å². The van der Waals surface area contributed by atoms with Crippen molar-refractivity contribution in [2.75, 3.05) is 7.11 Å². The standard InChI is InChI=1S/C15H12N2O6/c1-22-11-6-7-12(14(16)18)13(8-11)23-15(19)9-2-4-10(5-3-9)17(20)21/h2-8H,1H3,(H2,16,18). The zero-order chi connectivity index (χ0) is 17.0. The Labute approximate surface area is 130 Å². The summed E-state index contributed by atoms with van der Waals surface area (Å²) >= 11 is 0. The van der Waals surface area contributed by atoms with E-state index in [-0.39, 0.29) is 22.6 Å². The Kier molecular flexibility index (Phi) is 4.55. The van der Waals surface area contributed by atoms with Crippen LogP contribution in [0, 0.1) is 10.1 Å². The average Bonchev–Trinajstić information content (AvgIpc) is 2.54. The van der Waals surface area contributed by atoms with Gasteiger partial charge in [-0.1, -0.05) is 0 Å². The van der Waals surface area contributed by atoms with Gasteiger partial charge in [-0.2, -0.15) is 0 Å². The Morgan fingerprint density at radius 3 is 2.30 bits per heavy atom. The maximum atomic E-state index is 12.1. The first-order valence-electron chi connectivity index (χ1n) is 6.37. The van der Waals surface area contributed by atoms with Crippen molar-refractivity contribution in [2.24, 2.45) is 5.73 Å². The number of nitrogens with two attached hydrogens (primary N) is 1. The summed E-state index contributed by atoms with van der Waals surface area (Å²) in [7, 11) is 1.42. The number of benzene rings is 2. The van der Waals surface area contributed by atoms with Crippen LogP contribution in [-0.4, -0.2) is 23.9 Å². The number of nitrogens with zero attached hydrogens (tertiary/aromatic N) is 1. The summed E-state index contributed by atoms with van der Waals surface area (Å²) < 4.78 is 10.1. The van der Waals surface area contributed by atoms with E-state index in [1.807, 2.05) is 0 Å². The number of hydrogen-bond donors (Lipinski definition) is 1. The Balaban J connectivity index is 2.28. The molecular weight excluding hydrogens is 304 g/mol. The number of hydrogen-bond acceptors (Lipinski definition) is 6. The quantitative estimate of drug-likeness (QED) is 0.389. The van der Waals surface area contributed by atoms with Crippen molar-refractivity contribution in [3.8, 4) is 11.5 Å². The summed E-state index contributed by atoms with van der Waals surface area (Å²) in [5.41, 5.74) is 5.18. The Morgan fingerprint density at radius 1 is 1.13 bits per heavy atom. The van der Waals surface area contributed by atoms with Gasteiger partial charge in [0.25, 0.3) is 11.6 Å². The number of nitro benzene ring substituents is 1. The van der Waals surface area contributed by atoms with Gasteiger partial charge in [-0.3, -0.25) is 14.9 Å². The molecule has 8 nitrogen and oxygen atoms in total. The second kappa shape index (κ2) is 6.56. The van der Waals surface area contributed by atoms with E-state index in [2.05, 4.69) is 0 Å². The second-order valence-electron chi connectivity index (χ2n) is 4.42. The first kappa shape index (κ1) is 16.0. The van der Waals surface area contributed by atoms with Crippen LogP contribution in [0.2, 0.25) is 0 Å². The molecule has 0 radical (unpaired) electrons. The van der Waals surface area contributed by atoms with Crippen LogP contribution in [0.25, 0.3) is 0 Å². The van der Waals surface area contributed by atoms with Crippen LogP contribution in [0.4, 0.5) is 5.69 Å². The van der Waals surface area contributed by atoms with Crippen molar-refractivity contribution >= 4 is 17.6 Å². The molecule has 0 aliphatic heterocycles. The van der Waals surface area contributed by atoms with Gasteiger partial charge in [0, 0.05) is 18.2 Å². The van der Waals surface area contributed by atoms with Gasteiger partial charge < -0.3 is 15.2 Å². The topological polar surface area (TPSA) is 122 Å². The number of non-ortho nitro benzene ring substituents is 1. The van der Waals surface area contributed by atoms with E-state index in [4.69, 9.17) is 15.2 Å². The van der Waals surface area contributed by atoms with Gasteiger partial charge in [-0.15, -0.1) is 0 Å². The normalized spacial score (nSPS) is 9.96. The van der Waals surface area contributed by atoms with Crippen molar-refractivity contribution in [1.82, 2.24) is 0 Å². The molecule has 2 aromatic carbocycles. The van der Waals surface area contributed by atoms with E-state index in [0.29, 0.717) is 5.75 Å². The van der Waals surface area contributed by atoms with Crippen LogP contribution in [0.15, 0.2) is 42.5 Å². The smallest absolute Gasteiger partial charge is 0.343 e. The van der Waals surface area contributed by atoms with Crippen LogP contribution in [0.1, 0.15) is 20.7 Å². The number of primary amides is 1. The summed E-state index contributed by atoms with van der Waals surface area (Å²) in [4.78, 5) is 33.5. The van der Waals surface area contributed by atoms with Gasteiger partial charge in [0.2, 0.25) is 0 Å². The molecule has 2 aromatic rings. The van der Waals surface area contributed by atoms with E-state index >= 15 is 0 Å². The summed E-state index contributed by atoms with van der Waals surface area (Å²) in [6, 6.07) is 9.09. The number of carbonyl (C=O) groups is 2. The number of ether oxygens (including phenoxy) is 2. The lowest BCUT2D eigenvalue weighted by Crippen LogP contribution is -2.16. The summed E-state index contributed by atoms with van der Waals surface area (Å²) in [5.74, 6) is -1.23. The third kappa shape index (κ3) is 3.62. The highest BCUT2D eigenvalue weighted by atomic mass is 16.6. The van der Waals surface area contributed by atoms with Crippen molar-refractivity contribution in [1.29, 1.82) is 0 Å². The SMILES string of the molecule is COc1ccc(C(N)=O)c(OC(=O)c2ccc([N+](=O)[O-])cc2)c1. The molecule has 0 fully saturated rings. The molecule has 0 spiro atoms. The maximum absolute atomic E-state index is 12.1. The number of nitro groups is 1. The number of amides is 1. The number of esters is 1. The summed E-state index contributed by atoms with van der Waals surface area (Å²) in [6.07, 6.45) is 0. The lowest BCUT2D eigenvalue weighted by molar-refractivity contribution is -0.384. The van der Waals surface area contributed by atoms with Gasteiger partial charge in [-0.05, 0) is 24.3 Å². The third-order valence-corrected chi connectivity index (χ3v) is 2.97. The first-order valence-corrected chi connectivity index (χ1v) is 6.37. The van der Waals surface area contributed by atoms with Gasteiger partial charge >= 0.3 is 5.97 Å². The molecule has 0 aliphatic carbocycles. The summed E-state index contributed by atoms with van der Waals surface area (Å²) in [6.45, 7) is 0. The molecule has 0 unspecified atom stereocenters. The number of rotatable bonds is 5. The molecule has 118 valence electrons. The van der Waals surface area contributed by atoms with Gasteiger partial charge in [-0.25, -0.2) is 4.79 Å². The van der Waals surface area contributed by atoms with Crippen LogP contribution in [-0.2, 0) is 0 Å². The van der Waals surface area contributed by atoms with Gasteiger partial charge in [0.1, 0.15) is 11.5 Å². The van der Waals surface area contributed by atoms with E-state index in [0.717, 1.165) is 0 Å². The van der Waals surface area contributed by atoms with Crippen molar-refractivity contribution in [3.63, 3.8) is 0 Å². The minimum Gasteiger partial charge on any atom is -0.497 e. The molecule has 0 aromatic heterocycles. The molecule has 23 heavy (non-hydrogen) atoms. The van der Waals surface area contributed by atoms with Gasteiger partial charge in [0.15, 0.2) is 0 Å². The number of carbonyl (C=O) groups excluding carboxylic acids is 2. The monoisotopic (exact) mass is 316 g/mol.